The number of benzene rings is 1. The summed E-state index contributed by atoms with van der Waals surface area (Å²) < 4.78 is 24.0. The van der Waals surface area contributed by atoms with E-state index in [0.717, 1.165) is 0 Å². The van der Waals surface area contributed by atoms with Crippen LogP contribution in [0, 0.1) is 5.82 Å². The van der Waals surface area contributed by atoms with Crippen LogP contribution in [0.25, 0.3) is 0 Å². The standard InChI is InChI=1S/C18H16FNO4S/c19-13-5-1-2-6-14(13)24-11-17(21)20-12-18(22,15-7-3-9-23-15)16-8-4-10-25-16/h1-10,22H,11-12H2,(H,20,21). The van der Waals surface area contributed by atoms with Gasteiger partial charge in [-0.25, -0.2) is 4.39 Å². The second-order valence-electron chi connectivity index (χ2n) is 5.31. The summed E-state index contributed by atoms with van der Waals surface area (Å²) >= 11 is 1.35. The van der Waals surface area contributed by atoms with Gasteiger partial charge >= 0.3 is 0 Å². The number of halogens is 1. The molecule has 0 aliphatic carbocycles. The number of aliphatic hydroxyl groups is 1. The molecular formula is C18H16FNO4S. The molecule has 1 atom stereocenters. The molecule has 130 valence electrons. The van der Waals surface area contributed by atoms with E-state index in [1.165, 1.54) is 35.8 Å². The molecule has 0 bridgehead atoms. The van der Waals surface area contributed by atoms with E-state index in [9.17, 15) is 14.3 Å². The molecule has 0 saturated heterocycles. The first kappa shape index (κ1) is 17.2. The fraction of sp³-hybridized carbons (Fsp3) is 0.167. The van der Waals surface area contributed by atoms with Crippen LogP contribution in [0.1, 0.15) is 10.6 Å². The van der Waals surface area contributed by atoms with Gasteiger partial charge < -0.3 is 19.6 Å². The zero-order valence-electron chi connectivity index (χ0n) is 13.1. The minimum Gasteiger partial charge on any atom is -0.481 e. The number of ether oxygens (including phenoxy) is 1. The van der Waals surface area contributed by atoms with E-state index in [2.05, 4.69) is 5.32 Å². The van der Waals surface area contributed by atoms with Crippen molar-refractivity contribution in [1.29, 1.82) is 0 Å². The van der Waals surface area contributed by atoms with Crippen molar-refractivity contribution >= 4 is 17.2 Å². The third kappa shape index (κ3) is 3.89. The van der Waals surface area contributed by atoms with E-state index in [-0.39, 0.29) is 18.9 Å². The van der Waals surface area contributed by atoms with Gasteiger partial charge in [-0.2, -0.15) is 0 Å². The Labute approximate surface area is 147 Å². The maximum atomic E-state index is 13.5. The lowest BCUT2D eigenvalue weighted by atomic mass is 9.98. The first-order valence-electron chi connectivity index (χ1n) is 7.54. The van der Waals surface area contributed by atoms with Crippen LogP contribution in [0.15, 0.2) is 64.6 Å². The van der Waals surface area contributed by atoms with Crippen LogP contribution >= 0.6 is 11.3 Å². The highest BCUT2D eigenvalue weighted by atomic mass is 32.1. The fourth-order valence-electron chi connectivity index (χ4n) is 2.31. The van der Waals surface area contributed by atoms with Crippen LogP contribution in [0.5, 0.6) is 5.75 Å². The summed E-state index contributed by atoms with van der Waals surface area (Å²) in [6.45, 7) is -0.458. The van der Waals surface area contributed by atoms with Gasteiger partial charge in [0.2, 0.25) is 0 Å². The Hall–Kier alpha value is -2.64. The lowest BCUT2D eigenvalue weighted by molar-refractivity contribution is -0.124. The monoisotopic (exact) mass is 361 g/mol. The van der Waals surface area contributed by atoms with Crippen molar-refractivity contribution in [3.8, 4) is 5.75 Å². The topological polar surface area (TPSA) is 71.7 Å². The summed E-state index contributed by atoms with van der Waals surface area (Å²) in [4.78, 5) is 12.7. The molecule has 1 unspecified atom stereocenters. The maximum Gasteiger partial charge on any atom is 0.258 e. The average Bonchev–Trinajstić information content (AvgIpc) is 3.32. The first-order chi connectivity index (χ1) is 12.1. The molecule has 5 nitrogen and oxygen atoms in total. The number of amides is 1. The van der Waals surface area contributed by atoms with Crippen molar-refractivity contribution in [2.24, 2.45) is 0 Å². The summed E-state index contributed by atoms with van der Waals surface area (Å²) in [5.41, 5.74) is -1.48. The molecule has 2 N–H and O–H groups in total. The minimum atomic E-state index is -1.48. The summed E-state index contributed by atoms with van der Waals surface area (Å²) in [5.74, 6) is -0.701. The molecule has 0 fully saturated rings. The zero-order valence-corrected chi connectivity index (χ0v) is 14.0. The second-order valence-corrected chi connectivity index (χ2v) is 6.26. The van der Waals surface area contributed by atoms with Crippen molar-refractivity contribution in [2.75, 3.05) is 13.2 Å². The highest BCUT2D eigenvalue weighted by Crippen LogP contribution is 2.32. The van der Waals surface area contributed by atoms with Gasteiger partial charge in [0.25, 0.3) is 5.91 Å². The molecule has 1 aromatic carbocycles. The van der Waals surface area contributed by atoms with Gasteiger partial charge in [-0.1, -0.05) is 18.2 Å². The second kappa shape index (κ2) is 7.50. The molecule has 0 saturated carbocycles. The summed E-state index contributed by atoms with van der Waals surface area (Å²) in [6.07, 6.45) is 1.46. The number of hydrogen-bond donors (Lipinski definition) is 2. The van der Waals surface area contributed by atoms with Crippen molar-refractivity contribution in [3.63, 3.8) is 0 Å². The van der Waals surface area contributed by atoms with Gasteiger partial charge in [-0.15, -0.1) is 11.3 Å². The highest BCUT2D eigenvalue weighted by Gasteiger charge is 2.36. The number of hydrogen-bond acceptors (Lipinski definition) is 5. The Morgan fingerprint density at radius 1 is 1.24 bits per heavy atom. The minimum absolute atomic E-state index is 0.00259. The molecule has 0 radical (unpaired) electrons. The van der Waals surface area contributed by atoms with Gasteiger partial charge in [0, 0.05) is 4.88 Å². The molecule has 2 heterocycles. The molecule has 2 aromatic heterocycles. The average molecular weight is 361 g/mol. The lowest BCUT2D eigenvalue weighted by Gasteiger charge is -2.25. The largest absolute Gasteiger partial charge is 0.481 e. The van der Waals surface area contributed by atoms with Crippen molar-refractivity contribution in [2.45, 2.75) is 5.60 Å². The smallest absolute Gasteiger partial charge is 0.258 e. The third-order valence-electron chi connectivity index (χ3n) is 3.59. The molecular weight excluding hydrogens is 345 g/mol. The summed E-state index contributed by atoms with van der Waals surface area (Å²) in [5, 5.41) is 15.4. The SMILES string of the molecule is O=C(COc1ccccc1F)NCC(O)(c1ccco1)c1cccs1. The fourth-order valence-corrected chi connectivity index (χ4v) is 3.13. The Morgan fingerprint density at radius 3 is 2.76 bits per heavy atom. The van der Waals surface area contributed by atoms with Crippen LogP contribution in [0.2, 0.25) is 0 Å². The zero-order chi connectivity index (χ0) is 17.7. The van der Waals surface area contributed by atoms with Crippen molar-refractivity contribution < 1.29 is 23.4 Å². The highest BCUT2D eigenvalue weighted by molar-refractivity contribution is 7.10. The van der Waals surface area contributed by atoms with Crippen LogP contribution in [0.3, 0.4) is 0 Å². The van der Waals surface area contributed by atoms with Crippen LogP contribution < -0.4 is 10.1 Å². The Morgan fingerprint density at radius 2 is 2.08 bits per heavy atom. The Kier molecular flexibility index (Phi) is 5.16. The number of para-hydroxylation sites is 1. The Bertz CT molecular complexity index is 783. The number of furan rings is 1. The van der Waals surface area contributed by atoms with Crippen LogP contribution in [0.4, 0.5) is 4.39 Å². The van der Waals surface area contributed by atoms with Crippen molar-refractivity contribution in [1.82, 2.24) is 5.32 Å². The molecule has 0 spiro atoms. The molecule has 0 aliphatic rings. The van der Waals surface area contributed by atoms with Gasteiger partial charge in [-0.3, -0.25) is 4.79 Å². The van der Waals surface area contributed by atoms with Crippen LogP contribution in [-0.4, -0.2) is 24.2 Å². The molecule has 7 heteroatoms. The van der Waals surface area contributed by atoms with E-state index in [1.54, 1.807) is 30.3 Å². The van der Waals surface area contributed by atoms with Gasteiger partial charge in [0.05, 0.1) is 12.8 Å². The quantitative estimate of drug-likeness (QED) is 0.679. The van der Waals surface area contributed by atoms with Gasteiger partial charge in [0.1, 0.15) is 5.76 Å². The number of carbonyl (C=O) groups excluding carboxylic acids is 1. The predicted octanol–water partition coefficient (Wildman–Crippen LogP) is 2.91. The predicted molar refractivity (Wildman–Crippen MR) is 90.9 cm³/mol. The van der Waals surface area contributed by atoms with E-state index < -0.39 is 17.3 Å². The number of carbonyl (C=O) groups is 1. The van der Waals surface area contributed by atoms with E-state index in [1.807, 2.05) is 5.38 Å². The number of rotatable bonds is 7. The van der Waals surface area contributed by atoms with Crippen LogP contribution in [-0.2, 0) is 10.4 Å². The Balaban J connectivity index is 1.64. The van der Waals surface area contributed by atoms with E-state index in [4.69, 9.17) is 9.15 Å². The molecule has 3 aromatic rings. The molecule has 3 rings (SSSR count). The maximum absolute atomic E-state index is 13.5. The van der Waals surface area contributed by atoms with Crippen molar-refractivity contribution in [3.05, 3.63) is 76.6 Å². The first-order valence-corrected chi connectivity index (χ1v) is 8.42. The van der Waals surface area contributed by atoms with Gasteiger partial charge in [0.15, 0.2) is 23.8 Å². The summed E-state index contributed by atoms with van der Waals surface area (Å²) in [6, 6.07) is 12.7. The third-order valence-corrected chi connectivity index (χ3v) is 4.62. The number of thiophene rings is 1. The van der Waals surface area contributed by atoms with E-state index in [0.29, 0.717) is 10.6 Å². The lowest BCUT2D eigenvalue weighted by Crippen LogP contribution is -2.42. The van der Waals surface area contributed by atoms with E-state index >= 15 is 0 Å². The number of nitrogens with one attached hydrogen (secondary N) is 1. The molecule has 25 heavy (non-hydrogen) atoms. The normalized spacial score (nSPS) is 13.2. The van der Waals surface area contributed by atoms with Gasteiger partial charge in [-0.05, 0) is 35.7 Å². The molecule has 1 amide bonds. The summed E-state index contributed by atoms with van der Waals surface area (Å²) in [7, 11) is 0. The molecule has 0 aliphatic heterocycles.